The van der Waals surface area contributed by atoms with Crippen molar-refractivity contribution in [1.29, 1.82) is 0 Å². The summed E-state index contributed by atoms with van der Waals surface area (Å²) in [5.74, 6) is 1.42. The predicted molar refractivity (Wildman–Crippen MR) is 88.6 cm³/mol. The largest absolute Gasteiger partial charge is 0.455 e. The molecule has 0 radical (unpaired) electrons. The van der Waals surface area contributed by atoms with E-state index in [-0.39, 0.29) is 0 Å². The summed E-state index contributed by atoms with van der Waals surface area (Å²) >= 11 is 11.0. The Bertz CT molecular complexity index is 662. The van der Waals surface area contributed by atoms with E-state index in [1.54, 1.807) is 6.21 Å². The summed E-state index contributed by atoms with van der Waals surface area (Å²) in [6.07, 6.45) is 3.95. The van der Waals surface area contributed by atoms with Gasteiger partial charge in [-0.1, -0.05) is 11.6 Å². The first kappa shape index (κ1) is 14.1. The molecule has 2 aromatic rings. The smallest absolute Gasteiger partial charge is 0.187 e. The number of halogens is 1. The van der Waals surface area contributed by atoms with Crippen LogP contribution < -0.4 is 10.7 Å². The minimum Gasteiger partial charge on any atom is -0.455 e. The maximum Gasteiger partial charge on any atom is 0.187 e. The molecule has 0 saturated heterocycles. The highest BCUT2D eigenvalue weighted by Gasteiger charge is 2.21. The molecule has 0 atom stereocenters. The standard InChI is InChI=1S/C15H14ClN3OS/c16-11-3-1-10(2-4-11)14-8-7-13(20-14)9-17-19-15(21)18-12-5-6-12/h1-4,7-9,12H,5-6H2,(H2,18,19,21)/b17-9+. The molecule has 4 nitrogen and oxygen atoms in total. The van der Waals surface area contributed by atoms with Crippen LogP contribution in [0.4, 0.5) is 0 Å². The van der Waals surface area contributed by atoms with Crippen LogP contribution in [0, 0.1) is 0 Å². The quantitative estimate of drug-likeness (QED) is 0.514. The molecule has 6 heteroatoms. The van der Waals surface area contributed by atoms with Gasteiger partial charge in [0.15, 0.2) is 5.11 Å². The van der Waals surface area contributed by atoms with Gasteiger partial charge in [0.1, 0.15) is 11.5 Å². The van der Waals surface area contributed by atoms with E-state index in [9.17, 15) is 0 Å². The van der Waals surface area contributed by atoms with Crippen LogP contribution in [-0.2, 0) is 0 Å². The molecule has 1 fully saturated rings. The van der Waals surface area contributed by atoms with E-state index in [1.165, 1.54) is 12.8 Å². The van der Waals surface area contributed by atoms with Crippen molar-refractivity contribution in [3.63, 3.8) is 0 Å². The zero-order valence-corrected chi connectivity index (χ0v) is 12.7. The van der Waals surface area contributed by atoms with Crippen LogP contribution in [0.15, 0.2) is 45.9 Å². The van der Waals surface area contributed by atoms with Gasteiger partial charge >= 0.3 is 0 Å². The van der Waals surface area contributed by atoms with Crippen LogP contribution in [0.3, 0.4) is 0 Å². The SMILES string of the molecule is S=C(N/N=C/c1ccc(-c2ccc(Cl)cc2)o1)NC1CC1. The average Bonchev–Trinajstić information content (AvgIpc) is 3.15. The fourth-order valence-corrected chi connectivity index (χ4v) is 2.14. The lowest BCUT2D eigenvalue weighted by molar-refractivity contribution is 0.574. The Morgan fingerprint density at radius 3 is 2.71 bits per heavy atom. The summed E-state index contributed by atoms with van der Waals surface area (Å²) in [7, 11) is 0. The fraction of sp³-hybridized carbons (Fsp3) is 0.200. The van der Waals surface area contributed by atoms with E-state index in [0.29, 0.717) is 21.9 Å². The third kappa shape index (κ3) is 4.06. The van der Waals surface area contributed by atoms with Gasteiger partial charge in [-0.15, -0.1) is 0 Å². The topological polar surface area (TPSA) is 49.6 Å². The third-order valence-electron chi connectivity index (χ3n) is 3.03. The molecule has 108 valence electrons. The van der Waals surface area contributed by atoms with E-state index in [2.05, 4.69) is 15.8 Å². The molecule has 0 bridgehead atoms. The summed E-state index contributed by atoms with van der Waals surface area (Å²) in [4.78, 5) is 0. The summed E-state index contributed by atoms with van der Waals surface area (Å²) in [5.41, 5.74) is 3.74. The maximum absolute atomic E-state index is 5.86. The third-order valence-corrected chi connectivity index (χ3v) is 3.49. The van der Waals surface area contributed by atoms with Gasteiger partial charge in [0.05, 0.1) is 6.21 Å². The van der Waals surface area contributed by atoms with Crippen molar-refractivity contribution in [3.05, 3.63) is 47.2 Å². The summed E-state index contributed by atoms with van der Waals surface area (Å²) < 4.78 is 5.69. The molecule has 3 rings (SSSR count). The summed E-state index contributed by atoms with van der Waals surface area (Å²) in [6.45, 7) is 0. The number of thiocarbonyl (C=S) groups is 1. The fourth-order valence-electron chi connectivity index (χ4n) is 1.79. The Balaban J connectivity index is 1.59. The number of benzene rings is 1. The van der Waals surface area contributed by atoms with E-state index in [1.807, 2.05) is 36.4 Å². The zero-order chi connectivity index (χ0) is 14.7. The maximum atomic E-state index is 5.86. The average molecular weight is 320 g/mol. The van der Waals surface area contributed by atoms with Crippen LogP contribution in [0.25, 0.3) is 11.3 Å². The second-order valence-electron chi connectivity index (χ2n) is 4.83. The molecule has 1 aliphatic rings. The van der Waals surface area contributed by atoms with Crippen molar-refractivity contribution in [2.24, 2.45) is 5.10 Å². The van der Waals surface area contributed by atoms with Crippen LogP contribution in [0.1, 0.15) is 18.6 Å². The van der Waals surface area contributed by atoms with Crippen molar-refractivity contribution < 1.29 is 4.42 Å². The molecule has 2 N–H and O–H groups in total. The van der Waals surface area contributed by atoms with Gasteiger partial charge in [-0.3, -0.25) is 5.43 Å². The van der Waals surface area contributed by atoms with Gasteiger partial charge in [0, 0.05) is 16.6 Å². The lowest BCUT2D eigenvalue weighted by atomic mass is 10.2. The van der Waals surface area contributed by atoms with Crippen LogP contribution >= 0.6 is 23.8 Å². The predicted octanol–water partition coefficient (Wildman–Crippen LogP) is 3.56. The zero-order valence-electron chi connectivity index (χ0n) is 11.2. The second-order valence-corrected chi connectivity index (χ2v) is 5.67. The molecular weight excluding hydrogens is 306 g/mol. The number of rotatable bonds is 4. The number of hydrogen-bond donors (Lipinski definition) is 2. The number of nitrogens with one attached hydrogen (secondary N) is 2. The van der Waals surface area contributed by atoms with Crippen molar-refractivity contribution in [3.8, 4) is 11.3 Å². The Morgan fingerprint density at radius 2 is 2.00 bits per heavy atom. The molecule has 1 saturated carbocycles. The molecule has 1 aliphatic carbocycles. The van der Waals surface area contributed by atoms with Crippen LogP contribution in [0.2, 0.25) is 5.02 Å². The highest BCUT2D eigenvalue weighted by molar-refractivity contribution is 7.80. The first-order valence-electron chi connectivity index (χ1n) is 6.66. The first-order valence-corrected chi connectivity index (χ1v) is 7.45. The van der Waals surface area contributed by atoms with E-state index < -0.39 is 0 Å². The van der Waals surface area contributed by atoms with Gasteiger partial charge in [0.2, 0.25) is 0 Å². The van der Waals surface area contributed by atoms with E-state index in [4.69, 9.17) is 28.2 Å². The number of nitrogens with zero attached hydrogens (tertiary/aromatic N) is 1. The molecule has 1 aromatic heterocycles. The minimum absolute atomic E-state index is 0.514. The first-order chi connectivity index (χ1) is 10.2. The second kappa shape index (κ2) is 6.28. The van der Waals surface area contributed by atoms with Crippen LogP contribution in [0.5, 0.6) is 0 Å². The lowest BCUT2D eigenvalue weighted by Gasteiger charge is -2.03. The Hall–Kier alpha value is -1.85. The highest BCUT2D eigenvalue weighted by atomic mass is 35.5. The normalized spacial score (nSPS) is 14.3. The number of furan rings is 1. The monoisotopic (exact) mass is 319 g/mol. The van der Waals surface area contributed by atoms with E-state index >= 15 is 0 Å². The van der Waals surface area contributed by atoms with Gasteiger partial charge < -0.3 is 9.73 Å². The van der Waals surface area contributed by atoms with Gasteiger partial charge in [-0.05, 0) is 61.5 Å². The Morgan fingerprint density at radius 1 is 1.24 bits per heavy atom. The molecule has 0 unspecified atom stereocenters. The molecule has 21 heavy (non-hydrogen) atoms. The molecule has 1 aromatic carbocycles. The summed E-state index contributed by atoms with van der Waals surface area (Å²) in [6, 6.07) is 11.7. The van der Waals surface area contributed by atoms with Gasteiger partial charge in [-0.25, -0.2) is 0 Å². The minimum atomic E-state index is 0.514. The molecule has 0 aliphatic heterocycles. The Labute approximate surface area is 133 Å². The van der Waals surface area contributed by atoms with E-state index in [0.717, 1.165) is 11.3 Å². The van der Waals surface area contributed by atoms with Crippen molar-refractivity contribution in [2.45, 2.75) is 18.9 Å². The number of hydrazone groups is 1. The van der Waals surface area contributed by atoms with Crippen LogP contribution in [-0.4, -0.2) is 17.4 Å². The van der Waals surface area contributed by atoms with Crippen molar-refractivity contribution in [2.75, 3.05) is 0 Å². The lowest BCUT2D eigenvalue weighted by Crippen LogP contribution is -2.33. The summed E-state index contributed by atoms with van der Waals surface area (Å²) in [5, 5.41) is 8.43. The number of hydrogen-bond acceptors (Lipinski definition) is 3. The van der Waals surface area contributed by atoms with Crippen molar-refractivity contribution in [1.82, 2.24) is 10.7 Å². The molecular formula is C15H14ClN3OS. The van der Waals surface area contributed by atoms with Gasteiger partial charge in [-0.2, -0.15) is 5.10 Å². The van der Waals surface area contributed by atoms with Crippen molar-refractivity contribution >= 4 is 35.1 Å². The van der Waals surface area contributed by atoms with Gasteiger partial charge in [0.25, 0.3) is 0 Å². The Kier molecular flexibility index (Phi) is 4.22. The molecule has 1 heterocycles. The molecule has 0 spiro atoms. The highest BCUT2D eigenvalue weighted by Crippen LogP contribution is 2.23. The molecule has 0 amide bonds.